The van der Waals surface area contributed by atoms with E-state index in [0.717, 1.165) is 10.8 Å². The molecular weight excluding hydrogens is 306 g/mol. The first-order chi connectivity index (χ1) is 11.3. The number of nitrogens with zero attached hydrogens (tertiary/aromatic N) is 2. The molecule has 0 bridgehead atoms. The Morgan fingerprint density at radius 2 is 1.88 bits per heavy atom. The zero-order chi connectivity index (χ0) is 17.3. The van der Waals surface area contributed by atoms with E-state index in [1.807, 2.05) is 39.0 Å². The summed E-state index contributed by atoms with van der Waals surface area (Å²) >= 11 is 0. The van der Waals surface area contributed by atoms with E-state index in [2.05, 4.69) is 4.98 Å². The highest BCUT2D eigenvalue weighted by Crippen LogP contribution is 2.26. The number of carbonyl (C=O) groups is 1. The predicted octanol–water partition coefficient (Wildman–Crippen LogP) is 4.19. The molecule has 3 aromatic rings. The third-order valence-electron chi connectivity index (χ3n) is 3.20. The first-order valence-corrected chi connectivity index (χ1v) is 7.55. The Balaban J connectivity index is 1.83. The van der Waals surface area contributed by atoms with Crippen LogP contribution in [0.25, 0.3) is 10.8 Å². The smallest absolute Gasteiger partial charge is 0.418 e. The Morgan fingerprint density at radius 1 is 1.12 bits per heavy atom. The molecule has 0 radical (unpaired) electrons. The lowest BCUT2D eigenvalue weighted by molar-refractivity contribution is 0.0538. The van der Waals surface area contributed by atoms with Crippen LogP contribution in [-0.2, 0) is 4.74 Å². The molecule has 0 fully saturated rings. The van der Waals surface area contributed by atoms with Crippen LogP contribution in [0.2, 0.25) is 0 Å². The lowest BCUT2D eigenvalue weighted by atomic mass is 10.2. The average Bonchev–Trinajstić information content (AvgIpc) is 2.91. The van der Waals surface area contributed by atoms with Crippen molar-refractivity contribution in [2.24, 2.45) is 0 Å². The second kappa shape index (κ2) is 5.88. The lowest BCUT2D eigenvalue weighted by Gasteiger charge is -2.19. The van der Waals surface area contributed by atoms with Gasteiger partial charge in [-0.15, -0.1) is 0 Å². The van der Waals surface area contributed by atoms with Crippen molar-refractivity contribution in [3.63, 3.8) is 0 Å². The molecule has 24 heavy (non-hydrogen) atoms. The van der Waals surface area contributed by atoms with Gasteiger partial charge in [-0.05, 0) is 45.0 Å². The Bertz CT molecular complexity index is 877. The third kappa shape index (κ3) is 3.65. The molecule has 124 valence electrons. The van der Waals surface area contributed by atoms with Crippen molar-refractivity contribution in [2.75, 3.05) is 5.73 Å². The van der Waals surface area contributed by atoms with Crippen molar-refractivity contribution in [1.82, 2.24) is 9.55 Å². The number of hydrogen-bond acceptors (Lipinski definition) is 5. The number of benzene rings is 1. The molecule has 2 aromatic heterocycles. The van der Waals surface area contributed by atoms with Crippen LogP contribution in [-0.4, -0.2) is 21.2 Å². The van der Waals surface area contributed by atoms with Crippen molar-refractivity contribution in [3.05, 3.63) is 48.9 Å². The number of hydrogen-bond donors (Lipinski definition) is 1. The second-order valence-corrected chi connectivity index (χ2v) is 6.47. The monoisotopic (exact) mass is 325 g/mol. The van der Waals surface area contributed by atoms with Crippen LogP contribution >= 0.6 is 0 Å². The number of anilines is 1. The maximum atomic E-state index is 12.1. The van der Waals surface area contributed by atoms with E-state index < -0.39 is 11.7 Å². The number of ether oxygens (including phenoxy) is 2. The molecule has 0 aliphatic carbocycles. The van der Waals surface area contributed by atoms with E-state index in [-0.39, 0.29) is 0 Å². The van der Waals surface area contributed by atoms with Gasteiger partial charge in [0.05, 0.1) is 11.9 Å². The van der Waals surface area contributed by atoms with Crippen LogP contribution in [0.5, 0.6) is 11.6 Å². The number of pyridine rings is 1. The molecule has 0 aliphatic rings. The Kier molecular flexibility index (Phi) is 3.89. The molecule has 2 N–H and O–H groups in total. The highest BCUT2D eigenvalue weighted by Gasteiger charge is 2.18. The molecule has 0 spiro atoms. The van der Waals surface area contributed by atoms with Crippen molar-refractivity contribution in [2.45, 2.75) is 26.4 Å². The minimum absolute atomic E-state index is 0.415. The largest absolute Gasteiger partial charge is 0.443 e. The number of nitrogens with two attached hydrogens (primary N) is 1. The summed E-state index contributed by atoms with van der Waals surface area (Å²) in [6, 6.07) is 8.96. The Hall–Kier alpha value is -3.02. The molecule has 1 aromatic carbocycles. The maximum Gasteiger partial charge on any atom is 0.418 e. The van der Waals surface area contributed by atoms with Crippen LogP contribution < -0.4 is 10.5 Å². The minimum Gasteiger partial charge on any atom is -0.443 e. The molecule has 6 heteroatoms. The molecule has 2 heterocycles. The topological polar surface area (TPSA) is 79.4 Å². The molecular formula is C18H19N3O3. The second-order valence-electron chi connectivity index (χ2n) is 6.47. The normalized spacial score (nSPS) is 11.5. The first kappa shape index (κ1) is 15.9. The average molecular weight is 325 g/mol. The molecule has 3 rings (SSSR count). The van der Waals surface area contributed by atoms with Gasteiger partial charge >= 0.3 is 6.09 Å². The van der Waals surface area contributed by atoms with Gasteiger partial charge in [0.1, 0.15) is 11.4 Å². The Labute approximate surface area is 139 Å². The predicted molar refractivity (Wildman–Crippen MR) is 92.3 cm³/mol. The fraction of sp³-hybridized carbons (Fsp3) is 0.222. The molecule has 0 saturated carbocycles. The van der Waals surface area contributed by atoms with Gasteiger partial charge in [-0.1, -0.05) is 0 Å². The molecule has 0 atom stereocenters. The number of rotatable bonds is 2. The third-order valence-corrected chi connectivity index (χ3v) is 3.20. The molecule has 0 amide bonds. The van der Waals surface area contributed by atoms with E-state index in [4.69, 9.17) is 15.2 Å². The van der Waals surface area contributed by atoms with E-state index in [1.54, 1.807) is 24.5 Å². The molecule has 0 unspecified atom stereocenters. The minimum atomic E-state index is -0.539. The molecule has 0 saturated heterocycles. The highest BCUT2D eigenvalue weighted by atomic mass is 16.6. The summed E-state index contributed by atoms with van der Waals surface area (Å²) in [5.41, 5.74) is 5.64. The van der Waals surface area contributed by atoms with Gasteiger partial charge < -0.3 is 15.2 Å². The van der Waals surface area contributed by atoms with E-state index in [9.17, 15) is 4.79 Å². The fourth-order valence-corrected chi connectivity index (χ4v) is 2.18. The van der Waals surface area contributed by atoms with Crippen molar-refractivity contribution in [1.29, 1.82) is 0 Å². The zero-order valence-corrected chi connectivity index (χ0v) is 13.8. The van der Waals surface area contributed by atoms with Crippen molar-refractivity contribution in [3.8, 4) is 11.6 Å². The van der Waals surface area contributed by atoms with Gasteiger partial charge in [-0.25, -0.2) is 9.78 Å². The van der Waals surface area contributed by atoms with Crippen molar-refractivity contribution < 1.29 is 14.3 Å². The van der Waals surface area contributed by atoms with Crippen LogP contribution in [0.3, 0.4) is 0 Å². The summed E-state index contributed by atoms with van der Waals surface area (Å²) in [5, 5.41) is 1.78. The van der Waals surface area contributed by atoms with Crippen LogP contribution in [0.1, 0.15) is 20.8 Å². The van der Waals surface area contributed by atoms with Gasteiger partial charge in [0, 0.05) is 29.2 Å². The van der Waals surface area contributed by atoms with Gasteiger partial charge in [-0.2, -0.15) is 0 Å². The van der Waals surface area contributed by atoms with Gasteiger partial charge in [0.15, 0.2) is 0 Å². The first-order valence-electron chi connectivity index (χ1n) is 7.55. The molecule has 6 nitrogen and oxygen atoms in total. The van der Waals surface area contributed by atoms with Crippen LogP contribution in [0.4, 0.5) is 10.5 Å². The van der Waals surface area contributed by atoms with Gasteiger partial charge in [0.2, 0.25) is 5.88 Å². The summed E-state index contributed by atoms with van der Waals surface area (Å²) in [7, 11) is 0. The summed E-state index contributed by atoms with van der Waals surface area (Å²) in [6.45, 7) is 5.50. The number of nitrogen functional groups attached to an aromatic ring is 1. The summed E-state index contributed by atoms with van der Waals surface area (Å²) in [6.07, 6.45) is 4.56. The molecule has 0 aliphatic heterocycles. The summed E-state index contributed by atoms with van der Waals surface area (Å²) in [5.74, 6) is 1.08. The van der Waals surface area contributed by atoms with Crippen LogP contribution in [0, 0.1) is 0 Å². The number of carbonyl (C=O) groups excluding carboxylic acids is 1. The zero-order valence-electron chi connectivity index (χ0n) is 13.8. The van der Waals surface area contributed by atoms with E-state index >= 15 is 0 Å². The highest BCUT2D eigenvalue weighted by molar-refractivity contribution is 5.88. The number of aromatic nitrogens is 2. The SMILES string of the molecule is CC(C)(C)OC(=O)n1cc2ccc(Oc3ccc(N)cn3)cc2c1. The van der Waals surface area contributed by atoms with Gasteiger partial charge in [-0.3, -0.25) is 4.57 Å². The van der Waals surface area contributed by atoms with Crippen LogP contribution in [0.15, 0.2) is 48.9 Å². The maximum absolute atomic E-state index is 12.1. The van der Waals surface area contributed by atoms with E-state index in [1.165, 1.54) is 10.8 Å². The Morgan fingerprint density at radius 3 is 2.54 bits per heavy atom. The summed E-state index contributed by atoms with van der Waals surface area (Å²) < 4.78 is 12.5. The van der Waals surface area contributed by atoms with Crippen molar-refractivity contribution >= 4 is 22.6 Å². The summed E-state index contributed by atoms with van der Waals surface area (Å²) in [4.78, 5) is 16.2. The van der Waals surface area contributed by atoms with E-state index in [0.29, 0.717) is 17.3 Å². The standard InChI is InChI=1S/C18H19N3O3/c1-18(2,3)24-17(22)21-10-12-4-6-15(8-13(12)11-21)23-16-7-5-14(19)9-20-16/h4-11H,19H2,1-3H3. The fourth-order valence-electron chi connectivity index (χ4n) is 2.18. The lowest BCUT2D eigenvalue weighted by Crippen LogP contribution is -2.26. The quantitative estimate of drug-likeness (QED) is 0.764. The number of fused-ring (bicyclic) bond motifs is 1. The van der Waals surface area contributed by atoms with Gasteiger partial charge in [0.25, 0.3) is 0 Å².